The normalized spacial score (nSPS) is 14.6. The molecule has 0 spiro atoms. The zero-order chi connectivity index (χ0) is 31.5. The Morgan fingerprint density at radius 3 is 2.37 bits per heavy atom. The minimum atomic E-state index is -1.53. The van der Waals surface area contributed by atoms with E-state index in [1.54, 1.807) is 6.20 Å². The van der Waals surface area contributed by atoms with Gasteiger partial charge in [0.05, 0.1) is 18.5 Å². The topological polar surface area (TPSA) is 280 Å². The maximum Gasteiger partial charge on any atom is 0.326 e. The molecule has 0 saturated carbocycles. The standard InChI is InChI=1S/C27H38N10O6/c1-14(38)22(25(41)36-21(26(42)43)9-15-11-33-19-6-3-2-5-17(15)19)37-24(40)20(7-4-8-32-27(29)30)35-23(39)18(28)10-16-12-31-13-34-16/h2-3,5-6,11-14,18,20-22,33,38H,4,7-10,28H2,1H3,(H,31,34)(H,35,39)(H,36,41)(H,37,40)(H,42,43)(H4,29,30,32). The summed E-state index contributed by atoms with van der Waals surface area (Å²) in [5.74, 6) is -3.80. The molecule has 1 aromatic carbocycles. The number of guanidine groups is 1. The number of hydrogen-bond donors (Lipinski definition) is 10. The number of rotatable bonds is 16. The van der Waals surface area contributed by atoms with Crippen molar-refractivity contribution >= 4 is 40.6 Å². The summed E-state index contributed by atoms with van der Waals surface area (Å²) in [7, 11) is 0. The smallest absolute Gasteiger partial charge is 0.326 e. The van der Waals surface area contributed by atoms with E-state index in [4.69, 9.17) is 17.2 Å². The Bertz CT molecular complexity index is 1420. The molecule has 0 aliphatic heterocycles. The summed E-state index contributed by atoms with van der Waals surface area (Å²) in [6.07, 6.45) is 3.63. The van der Waals surface area contributed by atoms with Gasteiger partial charge in [-0.15, -0.1) is 0 Å². The van der Waals surface area contributed by atoms with Crippen molar-refractivity contribution in [3.8, 4) is 0 Å². The third kappa shape index (κ3) is 9.54. The first kappa shape index (κ1) is 32.6. The monoisotopic (exact) mass is 598 g/mol. The molecular formula is C27H38N10O6. The number of carbonyl (C=O) groups excluding carboxylic acids is 3. The third-order valence-corrected chi connectivity index (χ3v) is 6.69. The predicted molar refractivity (Wildman–Crippen MR) is 157 cm³/mol. The number of nitrogens with two attached hydrogens (primary N) is 3. The second kappa shape index (κ2) is 15.3. The van der Waals surface area contributed by atoms with Gasteiger partial charge in [0.15, 0.2) is 5.96 Å². The fourth-order valence-corrected chi connectivity index (χ4v) is 4.42. The second-order valence-corrected chi connectivity index (χ2v) is 10.1. The number of amides is 3. The van der Waals surface area contributed by atoms with Crippen LogP contribution in [0.1, 0.15) is 31.0 Å². The number of fused-ring (bicyclic) bond motifs is 1. The SMILES string of the molecule is CC(O)C(NC(=O)C(CCCN=C(N)N)NC(=O)C(N)Cc1cnc[nH]1)C(=O)NC(Cc1c[nH]c2ccccc12)C(=O)O. The number of carboxylic acid groups (broad SMARTS) is 1. The Kier molecular flexibility index (Phi) is 11.6. The average Bonchev–Trinajstić information content (AvgIpc) is 3.62. The molecule has 5 atom stereocenters. The lowest BCUT2D eigenvalue weighted by molar-refractivity contribution is -0.143. The van der Waals surface area contributed by atoms with Gasteiger partial charge in [0, 0.05) is 48.4 Å². The molecule has 5 unspecified atom stereocenters. The first-order valence-corrected chi connectivity index (χ1v) is 13.6. The zero-order valence-electron chi connectivity index (χ0n) is 23.6. The van der Waals surface area contributed by atoms with E-state index in [0.717, 1.165) is 10.9 Å². The van der Waals surface area contributed by atoms with Crippen LogP contribution < -0.4 is 33.2 Å². The summed E-state index contributed by atoms with van der Waals surface area (Å²) in [5, 5.41) is 28.4. The van der Waals surface area contributed by atoms with Crippen molar-refractivity contribution in [2.24, 2.45) is 22.2 Å². The Hall–Kier alpha value is -4.96. The number of aliphatic imine (C=N–C) groups is 1. The summed E-state index contributed by atoms with van der Waals surface area (Å²) < 4.78 is 0. The Morgan fingerprint density at radius 1 is 1.00 bits per heavy atom. The molecule has 13 N–H and O–H groups in total. The molecule has 3 rings (SSSR count). The van der Waals surface area contributed by atoms with E-state index in [0.29, 0.717) is 11.3 Å². The average molecular weight is 599 g/mol. The third-order valence-electron chi connectivity index (χ3n) is 6.69. The first-order chi connectivity index (χ1) is 20.5. The lowest BCUT2D eigenvalue weighted by atomic mass is 10.0. The number of carboxylic acids is 1. The van der Waals surface area contributed by atoms with Gasteiger partial charge in [0.2, 0.25) is 17.7 Å². The van der Waals surface area contributed by atoms with Gasteiger partial charge in [-0.05, 0) is 31.4 Å². The number of nitrogens with zero attached hydrogens (tertiary/aromatic N) is 2. The number of hydrogen-bond acceptors (Lipinski definition) is 8. The van der Waals surface area contributed by atoms with Crippen LogP contribution >= 0.6 is 0 Å². The van der Waals surface area contributed by atoms with E-state index in [2.05, 4.69) is 35.9 Å². The van der Waals surface area contributed by atoms with Crippen LogP contribution in [0.5, 0.6) is 0 Å². The summed E-state index contributed by atoms with van der Waals surface area (Å²) >= 11 is 0. The van der Waals surface area contributed by atoms with Gasteiger partial charge in [-0.3, -0.25) is 19.4 Å². The number of para-hydroxylation sites is 1. The van der Waals surface area contributed by atoms with E-state index >= 15 is 0 Å². The number of nitrogens with one attached hydrogen (secondary N) is 5. The number of aliphatic carboxylic acids is 1. The van der Waals surface area contributed by atoms with Crippen LogP contribution in [0.3, 0.4) is 0 Å². The van der Waals surface area contributed by atoms with Crippen molar-refractivity contribution in [2.45, 2.75) is 62.9 Å². The number of carbonyl (C=O) groups is 4. The Labute approximate surface area is 246 Å². The van der Waals surface area contributed by atoms with Gasteiger partial charge in [0.25, 0.3) is 0 Å². The second-order valence-electron chi connectivity index (χ2n) is 10.1. The number of aliphatic hydroxyl groups excluding tert-OH is 1. The van der Waals surface area contributed by atoms with Crippen molar-refractivity contribution < 1.29 is 29.4 Å². The number of imidazole rings is 1. The Balaban J connectivity index is 1.71. The summed E-state index contributed by atoms with van der Waals surface area (Å²) in [6, 6.07) is 2.21. The summed E-state index contributed by atoms with van der Waals surface area (Å²) in [4.78, 5) is 65.0. The van der Waals surface area contributed by atoms with Gasteiger partial charge < -0.3 is 53.3 Å². The molecule has 2 heterocycles. The van der Waals surface area contributed by atoms with Crippen LogP contribution in [0, 0.1) is 0 Å². The predicted octanol–water partition coefficient (Wildman–Crippen LogP) is -2.02. The van der Waals surface area contributed by atoms with Crippen LogP contribution in [0.15, 0.2) is 48.0 Å². The van der Waals surface area contributed by atoms with Crippen molar-refractivity contribution in [1.82, 2.24) is 30.9 Å². The maximum absolute atomic E-state index is 13.3. The van der Waals surface area contributed by atoms with Crippen LogP contribution in [0.4, 0.5) is 0 Å². The lowest BCUT2D eigenvalue weighted by Crippen LogP contribution is -2.60. The van der Waals surface area contributed by atoms with Crippen LogP contribution in [0.25, 0.3) is 10.9 Å². The minimum Gasteiger partial charge on any atom is -0.480 e. The highest BCUT2D eigenvalue weighted by atomic mass is 16.4. The van der Waals surface area contributed by atoms with Gasteiger partial charge in [0.1, 0.15) is 18.1 Å². The fraction of sp³-hybridized carbons (Fsp3) is 0.407. The van der Waals surface area contributed by atoms with Crippen molar-refractivity contribution in [2.75, 3.05) is 6.54 Å². The number of aromatic nitrogens is 3. The quantitative estimate of drug-likeness (QED) is 0.0490. The molecule has 0 aliphatic rings. The summed E-state index contributed by atoms with van der Waals surface area (Å²) in [6.45, 7) is 1.43. The highest BCUT2D eigenvalue weighted by molar-refractivity contribution is 5.94. The highest BCUT2D eigenvalue weighted by Gasteiger charge is 2.33. The van der Waals surface area contributed by atoms with Gasteiger partial charge >= 0.3 is 5.97 Å². The van der Waals surface area contributed by atoms with E-state index < -0.39 is 54.0 Å². The van der Waals surface area contributed by atoms with Crippen molar-refractivity contribution in [3.05, 3.63) is 54.2 Å². The largest absolute Gasteiger partial charge is 0.480 e. The van der Waals surface area contributed by atoms with E-state index in [1.165, 1.54) is 19.4 Å². The van der Waals surface area contributed by atoms with Gasteiger partial charge in [-0.25, -0.2) is 9.78 Å². The van der Waals surface area contributed by atoms with Crippen molar-refractivity contribution in [3.63, 3.8) is 0 Å². The number of H-pyrrole nitrogens is 2. The van der Waals surface area contributed by atoms with Gasteiger partial charge in [-0.1, -0.05) is 18.2 Å². The molecule has 2 aromatic heterocycles. The minimum absolute atomic E-state index is 0.0523. The number of benzene rings is 1. The molecule has 0 fully saturated rings. The number of aliphatic hydroxyl groups is 1. The molecule has 232 valence electrons. The zero-order valence-corrected chi connectivity index (χ0v) is 23.6. The van der Waals surface area contributed by atoms with Gasteiger partial charge in [-0.2, -0.15) is 0 Å². The first-order valence-electron chi connectivity index (χ1n) is 13.6. The molecular weight excluding hydrogens is 560 g/mol. The Morgan fingerprint density at radius 2 is 1.72 bits per heavy atom. The van der Waals surface area contributed by atoms with Crippen LogP contribution in [-0.4, -0.2) is 91.6 Å². The molecule has 0 saturated heterocycles. The van der Waals surface area contributed by atoms with E-state index in [1.807, 2.05) is 24.3 Å². The highest BCUT2D eigenvalue weighted by Crippen LogP contribution is 2.19. The van der Waals surface area contributed by atoms with E-state index in [9.17, 15) is 29.4 Å². The number of aromatic amines is 2. The lowest BCUT2D eigenvalue weighted by Gasteiger charge is -2.26. The summed E-state index contributed by atoms with van der Waals surface area (Å²) in [5.41, 5.74) is 18.8. The molecule has 16 nitrogen and oxygen atoms in total. The molecule has 16 heteroatoms. The molecule has 3 amide bonds. The van der Waals surface area contributed by atoms with Crippen LogP contribution in [-0.2, 0) is 32.0 Å². The molecule has 0 radical (unpaired) electrons. The van der Waals surface area contributed by atoms with Crippen LogP contribution in [0.2, 0.25) is 0 Å². The maximum atomic E-state index is 13.3. The fourth-order valence-electron chi connectivity index (χ4n) is 4.42. The molecule has 0 aliphatic carbocycles. The molecule has 3 aromatic rings. The van der Waals surface area contributed by atoms with Crippen molar-refractivity contribution in [1.29, 1.82) is 0 Å². The molecule has 43 heavy (non-hydrogen) atoms. The van der Waals surface area contributed by atoms with E-state index in [-0.39, 0.29) is 38.2 Å². The molecule has 0 bridgehead atoms.